The summed E-state index contributed by atoms with van der Waals surface area (Å²) >= 11 is 3.07. The van der Waals surface area contributed by atoms with E-state index in [1.54, 1.807) is 48.4 Å². The van der Waals surface area contributed by atoms with E-state index in [-0.39, 0.29) is 18.1 Å². The predicted molar refractivity (Wildman–Crippen MR) is 123 cm³/mol. The number of thioether (sulfide) groups is 1. The highest BCUT2D eigenvalue weighted by Crippen LogP contribution is 2.32. The van der Waals surface area contributed by atoms with Crippen LogP contribution in [0.1, 0.15) is 11.3 Å². The van der Waals surface area contributed by atoms with Gasteiger partial charge in [0.25, 0.3) is 11.6 Å². The van der Waals surface area contributed by atoms with Crippen molar-refractivity contribution in [2.45, 2.75) is 11.4 Å². The Labute approximate surface area is 186 Å². The molecule has 7 nitrogen and oxygen atoms in total. The number of fused-ring (bicyclic) bond motifs is 1. The van der Waals surface area contributed by atoms with Gasteiger partial charge in [0.2, 0.25) is 0 Å². The van der Waals surface area contributed by atoms with Gasteiger partial charge in [-0.25, -0.2) is 4.98 Å². The summed E-state index contributed by atoms with van der Waals surface area (Å²) in [5.41, 5.74) is 1.35. The van der Waals surface area contributed by atoms with Crippen LogP contribution in [0.15, 0.2) is 76.2 Å². The van der Waals surface area contributed by atoms with Gasteiger partial charge in [-0.05, 0) is 48.2 Å². The molecule has 0 spiro atoms. The maximum Gasteiger partial charge on any atom is 0.270 e. The highest BCUT2D eigenvalue weighted by Gasteiger charge is 2.20. The van der Waals surface area contributed by atoms with E-state index in [0.29, 0.717) is 16.5 Å². The number of nitro groups is 1. The maximum atomic E-state index is 13.1. The van der Waals surface area contributed by atoms with Crippen LogP contribution < -0.4 is 4.90 Å². The van der Waals surface area contributed by atoms with Crippen LogP contribution >= 0.6 is 23.1 Å². The minimum absolute atomic E-state index is 0.0298. The molecule has 2 aromatic heterocycles. The van der Waals surface area contributed by atoms with Crippen molar-refractivity contribution >= 4 is 56.1 Å². The lowest BCUT2D eigenvalue weighted by Gasteiger charge is -2.16. The highest BCUT2D eigenvalue weighted by atomic mass is 32.2. The summed E-state index contributed by atoms with van der Waals surface area (Å²) in [4.78, 5) is 30.9. The number of furan rings is 1. The number of nitro benzene ring substituents is 1. The van der Waals surface area contributed by atoms with E-state index in [2.05, 4.69) is 11.1 Å². The van der Waals surface area contributed by atoms with Crippen molar-refractivity contribution in [3.05, 3.63) is 88.4 Å². The summed E-state index contributed by atoms with van der Waals surface area (Å²) in [6, 6.07) is 15.7. The number of rotatable bonds is 7. The van der Waals surface area contributed by atoms with E-state index < -0.39 is 4.92 Å². The number of hydrogen-bond donors (Lipinski definition) is 0. The predicted octanol–water partition coefficient (Wildman–Crippen LogP) is 5.77. The zero-order chi connectivity index (χ0) is 21.8. The molecule has 9 heteroatoms. The van der Waals surface area contributed by atoms with E-state index in [1.807, 2.05) is 18.4 Å². The lowest BCUT2D eigenvalue weighted by molar-refractivity contribution is -0.384. The molecule has 0 aliphatic carbocycles. The third-order valence-electron chi connectivity index (χ3n) is 4.47. The normalized spacial score (nSPS) is 11.3. The zero-order valence-corrected chi connectivity index (χ0v) is 18.1. The Morgan fingerprint density at radius 1 is 1.26 bits per heavy atom. The van der Waals surface area contributed by atoms with Crippen molar-refractivity contribution in [1.29, 1.82) is 0 Å². The molecule has 0 saturated carbocycles. The largest absolute Gasteiger partial charge is 0.467 e. The molecule has 0 bridgehead atoms. The van der Waals surface area contributed by atoms with E-state index in [1.165, 1.54) is 34.4 Å². The molecule has 0 radical (unpaired) electrons. The lowest BCUT2D eigenvalue weighted by Crippen LogP contribution is -2.28. The fraction of sp³-hybridized carbons (Fsp3) is 0.0909. The second-order valence-electron chi connectivity index (χ2n) is 6.52. The Bertz CT molecular complexity index is 1270. The number of aromatic nitrogens is 1. The van der Waals surface area contributed by atoms with E-state index in [0.717, 1.165) is 15.1 Å². The third-order valence-corrected chi connectivity index (χ3v) is 6.24. The zero-order valence-electron chi connectivity index (χ0n) is 16.4. The van der Waals surface area contributed by atoms with Gasteiger partial charge < -0.3 is 4.42 Å². The average Bonchev–Trinajstić information content (AvgIpc) is 3.44. The molecule has 0 aliphatic rings. The van der Waals surface area contributed by atoms with Crippen LogP contribution in [0, 0.1) is 10.1 Å². The van der Waals surface area contributed by atoms with Crippen LogP contribution in [0.3, 0.4) is 0 Å². The molecular weight excluding hydrogens is 434 g/mol. The standard InChI is InChI=1S/C22H17N3O4S2/c1-30-18-8-9-19-20(13-18)31-22(23-19)24(14-17-6-3-11-29-17)21(26)10-7-15-4-2-5-16(12-15)25(27)28/h2-13H,14H2,1H3/b10-7+. The van der Waals surface area contributed by atoms with Crippen molar-refractivity contribution in [1.82, 2.24) is 4.98 Å². The first kappa shape index (κ1) is 20.8. The topological polar surface area (TPSA) is 89.5 Å². The van der Waals surface area contributed by atoms with Crippen LogP contribution in [0.2, 0.25) is 0 Å². The van der Waals surface area contributed by atoms with E-state index >= 15 is 0 Å². The van der Waals surface area contributed by atoms with E-state index in [4.69, 9.17) is 4.42 Å². The molecule has 0 atom stereocenters. The summed E-state index contributed by atoms with van der Waals surface area (Å²) in [5.74, 6) is 0.327. The maximum absolute atomic E-state index is 13.1. The number of amides is 1. The number of thiazole rings is 1. The van der Waals surface area contributed by atoms with Gasteiger partial charge in [0.15, 0.2) is 5.13 Å². The van der Waals surface area contributed by atoms with Crippen molar-refractivity contribution in [2.75, 3.05) is 11.2 Å². The number of carbonyl (C=O) groups excluding carboxylic acids is 1. The molecule has 0 fully saturated rings. The minimum atomic E-state index is -0.466. The van der Waals surface area contributed by atoms with Crippen molar-refractivity contribution in [3.63, 3.8) is 0 Å². The molecule has 0 N–H and O–H groups in total. The molecule has 0 unspecified atom stereocenters. The monoisotopic (exact) mass is 451 g/mol. The molecule has 31 heavy (non-hydrogen) atoms. The molecule has 0 saturated heterocycles. The number of carbonyl (C=O) groups is 1. The lowest BCUT2D eigenvalue weighted by atomic mass is 10.2. The van der Waals surface area contributed by atoms with Crippen LogP contribution in [-0.2, 0) is 11.3 Å². The van der Waals surface area contributed by atoms with Crippen LogP contribution in [0.4, 0.5) is 10.8 Å². The summed E-state index contributed by atoms with van der Waals surface area (Å²) in [6.45, 7) is 0.223. The first-order chi connectivity index (χ1) is 15.0. The van der Waals surface area contributed by atoms with Crippen molar-refractivity contribution < 1.29 is 14.1 Å². The Morgan fingerprint density at radius 3 is 2.87 bits per heavy atom. The summed E-state index contributed by atoms with van der Waals surface area (Å²) in [5, 5.41) is 11.5. The number of non-ortho nitro benzene ring substituents is 1. The molecule has 2 heterocycles. The smallest absolute Gasteiger partial charge is 0.270 e. The van der Waals surface area contributed by atoms with Gasteiger partial charge in [0, 0.05) is 23.1 Å². The molecule has 1 amide bonds. The molecule has 4 aromatic rings. The second kappa shape index (κ2) is 9.15. The van der Waals surface area contributed by atoms with E-state index in [9.17, 15) is 14.9 Å². The fourth-order valence-corrected chi connectivity index (χ4v) is 4.46. The molecule has 4 rings (SSSR count). The second-order valence-corrected chi connectivity index (χ2v) is 8.41. The van der Waals surface area contributed by atoms with Gasteiger partial charge in [-0.3, -0.25) is 19.8 Å². The molecule has 2 aromatic carbocycles. The van der Waals surface area contributed by atoms with Gasteiger partial charge in [-0.2, -0.15) is 0 Å². The van der Waals surface area contributed by atoms with Crippen LogP contribution in [0.5, 0.6) is 0 Å². The average molecular weight is 452 g/mol. The number of hydrogen-bond acceptors (Lipinski definition) is 7. The molecule has 0 aliphatic heterocycles. The number of anilines is 1. The molecular formula is C22H17N3O4S2. The Balaban J connectivity index is 1.65. The number of nitrogens with zero attached hydrogens (tertiary/aromatic N) is 3. The van der Waals surface area contributed by atoms with Gasteiger partial charge in [-0.1, -0.05) is 23.5 Å². The Kier molecular flexibility index (Phi) is 6.15. The summed E-state index contributed by atoms with van der Waals surface area (Å²) < 4.78 is 6.42. The fourth-order valence-electron chi connectivity index (χ4n) is 2.93. The molecule has 156 valence electrons. The van der Waals surface area contributed by atoms with Crippen LogP contribution in [0.25, 0.3) is 16.3 Å². The van der Waals surface area contributed by atoms with Crippen LogP contribution in [-0.4, -0.2) is 22.1 Å². The first-order valence-corrected chi connectivity index (χ1v) is 11.3. The minimum Gasteiger partial charge on any atom is -0.467 e. The van der Waals surface area contributed by atoms with Crippen molar-refractivity contribution in [2.24, 2.45) is 0 Å². The quantitative estimate of drug-likeness (QED) is 0.153. The van der Waals surface area contributed by atoms with Gasteiger partial charge in [0.05, 0.1) is 27.9 Å². The summed E-state index contributed by atoms with van der Waals surface area (Å²) in [7, 11) is 0. The Morgan fingerprint density at radius 2 is 2.13 bits per heavy atom. The first-order valence-electron chi connectivity index (χ1n) is 9.24. The SMILES string of the molecule is CSc1ccc2nc(N(Cc3ccco3)C(=O)/C=C/c3cccc([N+](=O)[O-])c3)sc2c1. The summed E-state index contributed by atoms with van der Waals surface area (Å²) in [6.07, 6.45) is 6.51. The third kappa shape index (κ3) is 4.84. The van der Waals surface area contributed by atoms with Gasteiger partial charge in [-0.15, -0.1) is 11.8 Å². The van der Waals surface area contributed by atoms with Gasteiger partial charge in [0.1, 0.15) is 5.76 Å². The highest BCUT2D eigenvalue weighted by molar-refractivity contribution is 7.98. The number of benzene rings is 2. The van der Waals surface area contributed by atoms with Crippen molar-refractivity contribution in [3.8, 4) is 0 Å². The van der Waals surface area contributed by atoms with Gasteiger partial charge >= 0.3 is 0 Å². The Hall–Kier alpha value is -3.43.